The topological polar surface area (TPSA) is 52.7 Å². The van der Waals surface area contributed by atoms with Gasteiger partial charge in [0.2, 0.25) is 11.8 Å². The number of piperidine rings is 1. The van der Waals surface area contributed by atoms with Crippen molar-refractivity contribution in [1.29, 1.82) is 0 Å². The van der Waals surface area contributed by atoms with Gasteiger partial charge in [0.25, 0.3) is 0 Å². The molecule has 1 atom stereocenters. The first-order chi connectivity index (χ1) is 13.7. The molecule has 4 rings (SSSR count). The fraction of sp³-hybridized carbons (Fsp3) is 0.391. The number of anilines is 2. The van der Waals surface area contributed by atoms with E-state index in [0.29, 0.717) is 6.42 Å². The molecule has 0 aliphatic carbocycles. The maximum atomic E-state index is 13.2. The van der Waals surface area contributed by atoms with Crippen LogP contribution in [0.15, 0.2) is 54.6 Å². The zero-order valence-electron chi connectivity index (χ0n) is 16.1. The molecule has 146 valence electrons. The number of hydrogen-bond acceptors (Lipinski definition) is 3. The van der Waals surface area contributed by atoms with E-state index in [9.17, 15) is 9.59 Å². The van der Waals surface area contributed by atoms with Crippen molar-refractivity contribution in [2.24, 2.45) is 0 Å². The fourth-order valence-corrected chi connectivity index (χ4v) is 4.06. The van der Waals surface area contributed by atoms with Gasteiger partial charge in [-0.3, -0.25) is 9.59 Å². The Labute approximate surface area is 166 Å². The molecular weight excluding hydrogens is 350 g/mol. The van der Waals surface area contributed by atoms with Crippen LogP contribution in [0.3, 0.4) is 0 Å². The normalized spacial score (nSPS) is 18.2. The molecule has 2 aliphatic rings. The van der Waals surface area contributed by atoms with Crippen LogP contribution in [0.1, 0.15) is 43.7 Å². The zero-order valence-corrected chi connectivity index (χ0v) is 16.1. The fourth-order valence-electron chi connectivity index (χ4n) is 4.06. The highest BCUT2D eigenvalue weighted by Gasteiger charge is 2.27. The minimum Gasteiger partial charge on any atom is -0.370 e. The summed E-state index contributed by atoms with van der Waals surface area (Å²) in [6.07, 6.45) is 4.89. The highest BCUT2D eigenvalue weighted by atomic mass is 16.2. The predicted molar refractivity (Wildman–Crippen MR) is 111 cm³/mol. The third kappa shape index (κ3) is 4.03. The molecule has 28 heavy (non-hydrogen) atoms. The van der Waals surface area contributed by atoms with E-state index >= 15 is 0 Å². The minimum absolute atomic E-state index is 0.129. The van der Waals surface area contributed by atoms with Crippen LogP contribution in [0.25, 0.3) is 0 Å². The van der Waals surface area contributed by atoms with Crippen LogP contribution in [0, 0.1) is 0 Å². The first-order valence-corrected chi connectivity index (χ1v) is 10.2. The number of amides is 2. The molecule has 0 radical (unpaired) electrons. The van der Waals surface area contributed by atoms with Gasteiger partial charge in [0, 0.05) is 37.4 Å². The number of carbonyl (C=O) groups is 2. The lowest BCUT2D eigenvalue weighted by molar-refractivity contribution is -0.133. The molecule has 0 spiro atoms. The van der Waals surface area contributed by atoms with Crippen molar-refractivity contribution in [1.82, 2.24) is 4.90 Å². The average Bonchev–Trinajstić information content (AvgIpc) is 3.19. The first kappa shape index (κ1) is 18.5. The van der Waals surface area contributed by atoms with Crippen molar-refractivity contribution in [2.75, 3.05) is 29.9 Å². The number of benzene rings is 2. The van der Waals surface area contributed by atoms with Crippen LogP contribution < -0.4 is 10.2 Å². The smallest absolute Gasteiger partial charge is 0.249 e. The van der Waals surface area contributed by atoms with Gasteiger partial charge >= 0.3 is 0 Å². The summed E-state index contributed by atoms with van der Waals surface area (Å²) in [5.74, 6) is 0.313. The van der Waals surface area contributed by atoms with E-state index < -0.39 is 6.04 Å². The third-order valence-electron chi connectivity index (χ3n) is 5.61. The predicted octanol–water partition coefficient (Wildman–Crippen LogP) is 3.98. The Morgan fingerprint density at radius 3 is 2.21 bits per heavy atom. The molecule has 0 aromatic heterocycles. The molecule has 1 N–H and O–H groups in total. The monoisotopic (exact) mass is 377 g/mol. The maximum absolute atomic E-state index is 13.2. The lowest BCUT2D eigenvalue weighted by Crippen LogP contribution is -2.41. The summed E-state index contributed by atoms with van der Waals surface area (Å²) in [5, 5.41) is 3.43. The standard InChI is InChI=1S/C23H27N3O2/c27-21-10-7-17-26(21)20-13-11-19(12-14-20)24-22(18-8-3-1-4-9-18)23(28)25-15-5-2-6-16-25/h1,3-4,8-9,11-14,22,24H,2,5-7,10,15-17H2/t22-/m0/s1. The quantitative estimate of drug-likeness (QED) is 0.857. The lowest BCUT2D eigenvalue weighted by atomic mass is 10.0. The van der Waals surface area contributed by atoms with Crippen LogP contribution in [0.4, 0.5) is 11.4 Å². The number of likely N-dealkylation sites (tertiary alicyclic amines) is 1. The van der Waals surface area contributed by atoms with Gasteiger partial charge in [-0.25, -0.2) is 0 Å². The Kier molecular flexibility index (Phi) is 5.60. The van der Waals surface area contributed by atoms with E-state index in [1.165, 1.54) is 6.42 Å². The number of nitrogens with one attached hydrogen (secondary N) is 1. The lowest BCUT2D eigenvalue weighted by Gasteiger charge is -2.31. The van der Waals surface area contributed by atoms with E-state index in [4.69, 9.17) is 0 Å². The van der Waals surface area contributed by atoms with Crippen molar-refractivity contribution in [3.8, 4) is 0 Å². The van der Waals surface area contributed by atoms with Crippen LogP contribution in [0.5, 0.6) is 0 Å². The highest BCUT2D eigenvalue weighted by molar-refractivity contribution is 5.95. The van der Waals surface area contributed by atoms with E-state index in [1.807, 2.05) is 64.4 Å². The number of nitrogens with zero attached hydrogens (tertiary/aromatic N) is 2. The van der Waals surface area contributed by atoms with Crippen molar-refractivity contribution in [2.45, 2.75) is 38.1 Å². The Balaban J connectivity index is 1.53. The van der Waals surface area contributed by atoms with Gasteiger partial charge in [-0.2, -0.15) is 0 Å². The van der Waals surface area contributed by atoms with Gasteiger partial charge in [0.15, 0.2) is 0 Å². The molecular formula is C23H27N3O2. The van der Waals surface area contributed by atoms with Crippen molar-refractivity contribution >= 4 is 23.2 Å². The molecule has 2 aromatic rings. The van der Waals surface area contributed by atoms with Crippen LogP contribution >= 0.6 is 0 Å². The molecule has 2 saturated heterocycles. The molecule has 2 heterocycles. The second-order valence-electron chi connectivity index (χ2n) is 7.57. The molecule has 0 saturated carbocycles. The van der Waals surface area contributed by atoms with Crippen LogP contribution in [-0.2, 0) is 9.59 Å². The summed E-state index contributed by atoms with van der Waals surface area (Å²) < 4.78 is 0. The molecule has 5 nitrogen and oxygen atoms in total. The van der Waals surface area contributed by atoms with E-state index in [2.05, 4.69) is 5.32 Å². The number of rotatable bonds is 5. The van der Waals surface area contributed by atoms with E-state index in [1.54, 1.807) is 0 Å². The first-order valence-electron chi connectivity index (χ1n) is 10.2. The summed E-state index contributed by atoms with van der Waals surface area (Å²) in [6, 6.07) is 17.3. The van der Waals surface area contributed by atoms with Gasteiger partial charge in [0.1, 0.15) is 6.04 Å². The third-order valence-corrected chi connectivity index (χ3v) is 5.61. The molecule has 0 bridgehead atoms. The van der Waals surface area contributed by atoms with Gasteiger partial charge < -0.3 is 15.1 Å². The van der Waals surface area contributed by atoms with Crippen LogP contribution in [0.2, 0.25) is 0 Å². The summed E-state index contributed by atoms with van der Waals surface area (Å²) in [7, 11) is 0. The van der Waals surface area contributed by atoms with E-state index in [0.717, 1.165) is 55.8 Å². The molecule has 2 aliphatic heterocycles. The number of hydrogen-bond donors (Lipinski definition) is 1. The molecule has 0 unspecified atom stereocenters. The van der Waals surface area contributed by atoms with Crippen molar-refractivity contribution in [3.63, 3.8) is 0 Å². The minimum atomic E-state index is -0.404. The molecule has 5 heteroatoms. The molecule has 2 aromatic carbocycles. The zero-order chi connectivity index (χ0) is 19.3. The second-order valence-corrected chi connectivity index (χ2v) is 7.57. The largest absolute Gasteiger partial charge is 0.370 e. The Bertz CT molecular complexity index is 814. The van der Waals surface area contributed by atoms with E-state index in [-0.39, 0.29) is 11.8 Å². The van der Waals surface area contributed by atoms with Crippen molar-refractivity contribution in [3.05, 3.63) is 60.2 Å². The molecule has 2 fully saturated rings. The van der Waals surface area contributed by atoms with Gasteiger partial charge in [-0.05, 0) is 55.5 Å². The average molecular weight is 377 g/mol. The maximum Gasteiger partial charge on any atom is 0.249 e. The highest BCUT2D eigenvalue weighted by Crippen LogP contribution is 2.27. The Morgan fingerprint density at radius 2 is 1.57 bits per heavy atom. The molecule has 2 amide bonds. The van der Waals surface area contributed by atoms with Crippen molar-refractivity contribution < 1.29 is 9.59 Å². The summed E-state index contributed by atoms with van der Waals surface area (Å²) >= 11 is 0. The Morgan fingerprint density at radius 1 is 0.857 bits per heavy atom. The second kappa shape index (κ2) is 8.46. The van der Waals surface area contributed by atoms with Gasteiger partial charge in [-0.1, -0.05) is 30.3 Å². The summed E-state index contributed by atoms with van der Waals surface area (Å²) in [5.41, 5.74) is 2.78. The van der Waals surface area contributed by atoms with Gasteiger partial charge in [0.05, 0.1) is 0 Å². The Hall–Kier alpha value is -2.82. The number of carbonyl (C=O) groups excluding carboxylic acids is 2. The van der Waals surface area contributed by atoms with Gasteiger partial charge in [-0.15, -0.1) is 0 Å². The van der Waals surface area contributed by atoms with Crippen LogP contribution in [-0.4, -0.2) is 36.3 Å². The summed E-state index contributed by atoms with van der Waals surface area (Å²) in [4.78, 5) is 29.0. The summed E-state index contributed by atoms with van der Waals surface area (Å²) in [6.45, 7) is 2.45. The SMILES string of the molecule is O=C([C@@H](Nc1ccc(N2CCCC2=O)cc1)c1ccccc1)N1CCCCC1.